The van der Waals surface area contributed by atoms with Gasteiger partial charge in [-0.15, -0.1) is 0 Å². The first-order valence-corrected chi connectivity index (χ1v) is 5.94. The summed E-state index contributed by atoms with van der Waals surface area (Å²) in [7, 11) is 0. The number of nitrogens with zero attached hydrogens (tertiary/aromatic N) is 2. The number of amides is 2. The largest absolute Gasteiger partial charge is 0.323 e. The van der Waals surface area contributed by atoms with Gasteiger partial charge in [0, 0.05) is 32.7 Å². The Morgan fingerprint density at radius 3 is 3.00 bits per heavy atom. The molecule has 0 aromatic carbocycles. The number of urea groups is 1. The van der Waals surface area contributed by atoms with Crippen LogP contribution in [0.1, 0.15) is 20.3 Å². The predicted molar refractivity (Wildman–Crippen MR) is 59.8 cm³/mol. The van der Waals surface area contributed by atoms with E-state index in [0.29, 0.717) is 12.0 Å². The first-order chi connectivity index (χ1) is 7.18. The van der Waals surface area contributed by atoms with E-state index in [-0.39, 0.29) is 6.03 Å². The van der Waals surface area contributed by atoms with E-state index in [2.05, 4.69) is 19.2 Å². The van der Waals surface area contributed by atoms with Gasteiger partial charge in [-0.3, -0.25) is 0 Å². The zero-order chi connectivity index (χ0) is 10.8. The summed E-state index contributed by atoms with van der Waals surface area (Å²) in [5.74, 6) is 0.675. The number of carbonyl (C=O) groups excluding carboxylic acids is 1. The Morgan fingerprint density at radius 2 is 2.33 bits per heavy atom. The fourth-order valence-electron chi connectivity index (χ4n) is 2.29. The highest BCUT2D eigenvalue weighted by Crippen LogP contribution is 2.18. The lowest BCUT2D eigenvalue weighted by Crippen LogP contribution is -2.49. The Labute approximate surface area is 91.6 Å². The summed E-state index contributed by atoms with van der Waals surface area (Å²) < 4.78 is 0. The third-order valence-corrected chi connectivity index (χ3v) is 3.27. The zero-order valence-electron chi connectivity index (χ0n) is 9.70. The highest BCUT2D eigenvalue weighted by molar-refractivity contribution is 5.77. The fourth-order valence-corrected chi connectivity index (χ4v) is 2.29. The van der Waals surface area contributed by atoms with Crippen LogP contribution in [0.15, 0.2) is 0 Å². The summed E-state index contributed by atoms with van der Waals surface area (Å²) in [6.07, 6.45) is 1.11. The van der Waals surface area contributed by atoms with Crippen LogP contribution >= 0.6 is 0 Å². The van der Waals surface area contributed by atoms with Gasteiger partial charge < -0.3 is 15.1 Å². The minimum absolute atomic E-state index is 0.252. The first-order valence-electron chi connectivity index (χ1n) is 5.94. The summed E-state index contributed by atoms with van der Waals surface area (Å²) in [5.41, 5.74) is 0. The Kier molecular flexibility index (Phi) is 3.14. The molecule has 86 valence electrons. The van der Waals surface area contributed by atoms with Gasteiger partial charge >= 0.3 is 6.03 Å². The minimum Gasteiger partial charge on any atom is -0.323 e. The van der Waals surface area contributed by atoms with E-state index in [4.69, 9.17) is 0 Å². The number of carbonyl (C=O) groups is 1. The molecule has 0 aromatic heterocycles. The molecule has 2 aliphatic heterocycles. The van der Waals surface area contributed by atoms with Gasteiger partial charge in [0.2, 0.25) is 0 Å². The van der Waals surface area contributed by atoms with E-state index < -0.39 is 0 Å². The molecule has 2 rings (SSSR count). The van der Waals surface area contributed by atoms with Crippen molar-refractivity contribution in [1.82, 2.24) is 15.1 Å². The van der Waals surface area contributed by atoms with E-state index in [1.807, 2.05) is 9.80 Å². The third kappa shape index (κ3) is 2.25. The molecule has 2 heterocycles. The maximum Gasteiger partial charge on any atom is 0.320 e. The van der Waals surface area contributed by atoms with Crippen LogP contribution in [0.2, 0.25) is 0 Å². The van der Waals surface area contributed by atoms with Gasteiger partial charge in [0.05, 0.1) is 6.04 Å². The molecule has 2 aliphatic rings. The van der Waals surface area contributed by atoms with Gasteiger partial charge in [0.25, 0.3) is 0 Å². The van der Waals surface area contributed by atoms with Crippen molar-refractivity contribution in [1.29, 1.82) is 0 Å². The van der Waals surface area contributed by atoms with Crippen LogP contribution in [-0.4, -0.2) is 54.6 Å². The van der Waals surface area contributed by atoms with Crippen molar-refractivity contribution in [3.63, 3.8) is 0 Å². The number of rotatable bonds is 3. The molecule has 4 nitrogen and oxygen atoms in total. The molecule has 0 aromatic rings. The topological polar surface area (TPSA) is 35.6 Å². The molecule has 4 heteroatoms. The summed E-state index contributed by atoms with van der Waals surface area (Å²) >= 11 is 0. The van der Waals surface area contributed by atoms with Crippen molar-refractivity contribution in [2.75, 3.05) is 32.7 Å². The Hall–Kier alpha value is -0.770. The fraction of sp³-hybridized carbons (Fsp3) is 0.909. The molecule has 0 spiro atoms. The summed E-state index contributed by atoms with van der Waals surface area (Å²) in [4.78, 5) is 16.0. The van der Waals surface area contributed by atoms with Crippen LogP contribution in [0.5, 0.6) is 0 Å². The van der Waals surface area contributed by atoms with Gasteiger partial charge in [-0.1, -0.05) is 13.8 Å². The maximum absolute atomic E-state index is 12.0. The molecule has 2 amide bonds. The number of hydrogen-bond acceptors (Lipinski definition) is 2. The normalized spacial score (nSPS) is 26.3. The number of hydrogen-bond donors (Lipinski definition) is 1. The Morgan fingerprint density at radius 1 is 1.53 bits per heavy atom. The second-order valence-corrected chi connectivity index (χ2v) is 4.96. The van der Waals surface area contributed by atoms with Gasteiger partial charge in [0.1, 0.15) is 0 Å². The lowest BCUT2D eigenvalue weighted by atomic mass is 10.1. The van der Waals surface area contributed by atoms with Gasteiger partial charge in [-0.25, -0.2) is 4.79 Å². The molecule has 0 aliphatic carbocycles. The molecule has 15 heavy (non-hydrogen) atoms. The molecule has 1 atom stereocenters. The highest BCUT2D eigenvalue weighted by atomic mass is 16.2. The van der Waals surface area contributed by atoms with Crippen molar-refractivity contribution in [3.8, 4) is 0 Å². The Bertz CT molecular complexity index is 242. The van der Waals surface area contributed by atoms with E-state index in [9.17, 15) is 4.79 Å². The molecular weight excluding hydrogens is 190 g/mol. The molecule has 2 fully saturated rings. The molecule has 2 saturated heterocycles. The zero-order valence-corrected chi connectivity index (χ0v) is 9.70. The summed E-state index contributed by atoms with van der Waals surface area (Å²) in [6, 6.07) is 0.667. The molecule has 0 radical (unpaired) electrons. The summed E-state index contributed by atoms with van der Waals surface area (Å²) in [5, 5.41) is 3.34. The number of nitrogens with one attached hydrogen (secondary N) is 1. The monoisotopic (exact) mass is 211 g/mol. The second-order valence-electron chi connectivity index (χ2n) is 4.96. The van der Waals surface area contributed by atoms with Gasteiger partial charge in [-0.2, -0.15) is 0 Å². The van der Waals surface area contributed by atoms with Gasteiger partial charge in [0.15, 0.2) is 0 Å². The van der Waals surface area contributed by atoms with Crippen molar-refractivity contribution >= 4 is 6.03 Å². The van der Waals surface area contributed by atoms with Crippen molar-refractivity contribution in [2.45, 2.75) is 26.3 Å². The molecule has 0 bridgehead atoms. The number of fused-ring (bicyclic) bond motifs is 1. The predicted octanol–water partition coefficient (Wildman–Crippen LogP) is 0.742. The third-order valence-electron chi connectivity index (χ3n) is 3.27. The summed E-state index contributed by atoms with van der Waals surface area (Å²) in [6.45, 7) is 9.03. The quantitative estimate of drug-likeness (QED) is 0.747. The van der Waals surface area contributed by atoms with Crippen LogP contribution in [0, 0.1) is 5.92 Å². The molecule has 1 unspecified atom stereocenters. The maximum atomic E-state index is 12.0. The Balaban J connectivity index is 1.89. The lowest BCUT2D eigenvalue weighted by molar-refractivity contribution is 0.178. The molecular formula is C11H21N3O. The highest BCUT2D eigenvalue weighted by Gasteiger charge is 2.37. The number of piperazine rings is 1. The lowest BCUT2D eigenvalue weighted by Gasteiger charge is -2.28. The SMILES string of the molecule is CC(C)CCN1CC2CNCCN2C1=O. The average Bonchev–Trinajstić information content (AvgIpc) is 2.54. The van der Waals surface area contributed by atoms with E-state index in [0.717, 1.165) is 39.1 Å². The van der Waals surface area contributed by atoms with Crippen molar-refractivity contribution in [2.24, 2.45) is 5.92 Å². The van der Waals surface area contributed by atoms with E-state index in [1.165, 1.54) is 0 Å². The van der Waals surface area contributed by atoms with Crippen LogP contribution in [-0.2, 0) is 0 Å². The van der Waals surface area contributed by atoms with E-state index in [1.54, 1.807) is 0 Å². The van der Waals surface area contributed by atoms with E-state index >= 15 is 0 Å². The molecule has 1 N–H and O–H groups in total. The van der Waals surface area contributed by atoms with Gasteiger partial charge in [-0.05, 0) is 12.3 Å². The van der Waals surface area contributed by atoms with Crippen molar-refractivity contribution < 1.29 is 4.79 Å². The van der Waals surface area contributed by atoms with Crippen LogP contribution < -0.4 is 5.32 Å². The average molecular weight is 211 g/mol. The second kappa shape index (κ2) is 4.39. The molecule has 0 saturated carbocycles. The van der Waals surface area contributed by atoms with Crippen LogP contribution in [0.4, 0.5) is 4.79 Å². The van der Waals surface area contributed by atoms with Crippen molar-refractivity contribution in [3.05, 3.63) is 0 Å². The van der Waals surface area contributed by atoms with Crippen LogP contribution in [0.3, 0.4) is 0 Å². The first kappa shape index (κ1) is 10.7. The standard InChI is InChI=1S/C11H21N3O/c1-9(2)3-5-13-8-10-7-12-4-6-14(10)11(13)15/h9-10,12H,3-8H2,1-2H3. The van der Waals surface area contributed by atoms with Crippen LogP contribution in [0.25, 0.3) is 0 Å². The minimum atomic E-state index is 0.252. The smallest absolute Gasteiger partial charge is 0.320 e.